The predicted molar refractivity (Wildman–Crippen MR) is 79.9 cm³/mol. The molecule has 1 N–H and O–H groups in total. The number of fused-ring (bicyclic) bond motifs is 1. The van der Waals surface area contributed by atoms with Gasteiger partial charge in [-0.1, -0.05) is 0 Å². The molecule has 2 aliphatic heterocycles. The van der Waals surface area contributed by atoms with Crippen molar-refractivity contribution in [2.24, 2.45) is 0 Å². The summed E-state index contributed by atoms with van der Waals surface area (Å²) in [7, 11) is 5.16. The molecule has 1 saturated heterocycles. The second-order valence-electron chi connectivity index (χ2n) is 5.47. The molecule has 1 fully saturated rings. The maximum Gasteiger partial charge on any atom is 0.344 e. The van der Waals surface area contributed by atoms with E-state index in [0.717, 1.165) is 31.7 Å². The number of rotatable bonds is 4. The number of benzene rings is 1. The van der Waals surface area contributed by atoms with Crippen LogP contribution in [-0.4, -0.2) is 63.3 Å². The first-order valence-corrected chi connectivity index (χ1v) is 7.29. The van der Waals surface area contributed by atoms with Crippen LogP contribution in [0.5, 0.6) is 11.5 Å². The van der Waals surface area contributed by atoms with Gasteiger partial charge in [-0.25, -0.2) is 15.2 Å². The summed E-state index contributed by atoms with van der Waals surface area (Å²) < 4.78 is 16.0. The van der Waals surface area contributed by atoms with Gasteiger partial charge in [0.15, 0.2) is 17.7 Å². The minimum atomic E-state index is -0.481. The smallest absolute Gasteiger partial charge is 0.344 e. The number of piperazine rings is 1. The van der Waals surface area contributed by atoms with E-state index in [2.05, 4.69) is 22.4 Å². The van der Waals surface area contributed by atoms with E-state index in [4.69, 9.17) is 14.2 Å². The first-order chi connectivity index (χ1) is 10.6. The number of hydrogen-bond acceptors (Lipinski definition) is 7. The monoisotopic (exact) mass is 307 g/mol. The molecule has 1 aromatic carbocycles. The first-order valence-electron chi connectivity index (χ1n) is 7.29. The maximum absolute atomic E-state index is 12.2. The topological polar surface area (TPSA) is 63.3 Å². The van der Waals surface area contributed by atoms with Crippen molar-refractivity contribution in [3.8, 4) is 11.5 Å². The number of hydrogen-bond donors (Lipinski definition) is 1. The number of nitrogens with one attached hydrogen (secondary N) is 1. The second-order valence-corrected chi connectivity index (χ2v) is 5.47. The lowest BCUT2D eigenvalue weighted by molar-refractivity contribution is -0.0123. The van der Waals surface area contributed by atoms with Gasteiger partial charge in [0.25, 0.3) is 0 Å². The number of cyclic esters (lactones) is 1. The lowest BCUT2D eigenvalue weighted by atomic mass is 10.1. The summed E-state index contributed by atoms with van der Waals surface area (Å²) in [5, 5.41) is 2.09. The minimum absolute atomic E-state index is 0.391. The average Bonchev–Trinajstić information content (AvgIpc) is 2.85. The standard InChI is InChI=1S/C15H21N3O4/c1-17-6-8-18(9-7-17)16-14-10-4-5-11(20-2)13(21-3)12(10)15(19)22-14/h4-5,14,16H,6-9H2,1-3H3/t14-/m1/s1. The molecule has 7 nitrogen and oxygen atoms in total. The molecule has 120 valence electrons. The van der Waals surface area contributed by atoms with E-state index in [1.165, 1.54) is 7.11 Å². The Kier molecular flexibility index (Phi) is 4.19. The van der Waals surface area contributed by atoms with E-state index in [0.29, 0.717) is 17.1 Å². The summed E-state index contributed by atoms with van der Waals surface area (Å²) >= 11 is 0. The van der Waals surface area contributed by atoms with E-state index < -0.39 is 12.2 Å². The summed E-state index contributed by atoms with van der Waals surface area (Å²) in [5.74, 6) is 0.559. The third kappa shape index (κ3) is 2.63. The molecule has 1 aromatic rings. The van der Waals surface area contributed by atoms with Crippen molar-refractivity contribution >= 4 is 5.97 Å². The van der Waals surface area contributed by atoms with Crippen LogP contribution in [0.25, 0.3) is 0 Å². The molecule has 22 heavy (non-hydrogen) atoms. The van der Waals surface area contributed by atoms with Crippen LogP contribution in [-0.2, 0) is 4.74 Å². The Hall–Kier alpha value is -1.83. The van der Waals surface area contributed by atoms with Gasteiger partial charge in [0.2, 0.25) is 0 Å². The maximum atomic E-state index is 12.2. The molecule has 0 spiro atoms. The molecule has 0 unspecified atom stereocenters. The molecule has 0 aromatic heterocycles. The van der Waals surface area contributed by atoms with E-state index in [-0.39, 0.29) is 0 Å². The van der Waals surface area contributed by atoms with Crippen LogP contribution in [0.3, 0.4) is 0 Å². The van der Waals surface area contributed by atoms with Crippen LogP contribution >= 0.6 is 0 Å². The molecular formula is C15H21N3O4. The molecule has 0 amide bonds. The molecule has 2 heterocycles. The second kappa shape index (κ2) is 6.12. The molecule has 7 heteroatoms. The highest BCUT2D eigenvalue weighted by molar-refractivity contribution is 5.98. The number of likely N-dealkylation sites (N-methyl/N-ethyl adjacent to an activating group) is 1. The fourth-order valence-corrected chi connectivity index (χ4v) is 2.80. The van der Waals surface area contributed by atoms with Crippen molar-refractivity contribution in [2.45, 2.75) is 6.23 Å². The molecule has 3 rings (SSSR count). The minimum Gasteiger partial charge on any atom is -0.493 e. The van der Waals surface area contributed by atoms with Gasteiger partial charge < -0.3 is 19.1 Å². The van der Waals surface area contributed by atoms with Crippen molar-refractivity contribution in [1.82, 2.24) is 15.3 Å². The lowest BCUT2D eigenvalue weighted by Gasteiger charge is -2.34. The Morgan fingerprint density at radius 3 is 2.55 bits per heavy atom. The molecule has 1 atom stereocenters. The van der Waals surface area contributed by atoms with Crippen molar-refractivity contribution in [3.63, 3.8) is 0 Å². The summed E-state index contributed by atoms with van der Waals surface area (Å²) in [6.07, 6.45) is -0.481. The van der Waals surface area contributed by atoms with Crippen LogP contribution < -0.4 is 14.9 Å². The van der Waals surface area contributed by atoms with E-state index in [1.54, 1.807) is 13.2 Å². The van der Waals surface area contributed by atoms with Gasteiger partial charge in [0, 0.05) is 31.7 Å². The van der Waals surface area contributed by atoms with Crippen LogP contribution in [0.4, 0.5) is 0 Å². The highest BCUT2D eigenvalue weighted by Gasteiger charge is 2.36. The number of ether oxygens (including phenoxy) is 3. The number of esters is 1. The molecule has 0 aliphatic carbocycles. The van der Waals surface area contributed by atoms with E-state index in [1.807, 2.05) is 6.07 Å². The zero-order chi connectivity index (χ0) is 15.7. The van der Waals surface area contributed by atoms with Crippen molar-refractivity contribution in [1.29, 1.82) is 0 Å². The number of carbonyl (C=O) groups is 1. The van der Waals surface area contributed by atoms with E-state index >= 15 is 0 Å². The summed E-state index contributed by atoms with van der Waals surface area (Å²) in [4.78, 5) is 14.5. The Labute approximate surface area is 129 Å². The number of nitrogens with zero attached hydrogens (tertiary/aromatic N) is 2. The van der Waals surface area contributed by atoms with Crippen LogP contribution in [0.15, 0.2) is 12.1 Å². The summed E-state index contributed by atoms with van der Waals surface area (Å²) in [6.45, 7) is 3.72. The Morgan fingerprint density at radius 2 is 1.91 bits per heavy atom. The predicted octanol–water partition coefficient (Wildman–Crippen LogP) is 0.625. The number of hydrazine groups is 1. The van der Waals surface area contributed by atoms with Gasteiger partial charge >= 0.3 is 5.97 Å². The average molecular weight is 307 g/mol. The largest absolute Gasteiger partial charge is 0.493 e. The van der Waals surface area contributed by atoms with Crippen molar-refractivity contribution in [2.75, 3.05) is 47.4 Å². The zero-order valence-electron chi connectivity index (χ0n) is 13.1. The van der Waals surface area contributed by atoms with Gasteiger partial charge in [-0.05, 0) is 19.2 Å². The fraction of sp³-hybridized carbons (Fsp3) is 0.533. The number of methoxy groups -OCH3 is 2. The highest BCUT2D eigenvalue weighted by Crippen LogP contribution is 2.40. The third-order valence-corrected chi connectivity index (χ3v) is 4.09. The summed E-state index contributed by atoms with van der Waals surface area (Å²) in [6, 6.07) is 3.63. The molecule has 0 saturated carbocycles. The quantitative estimate of drug-likeness (QED) is 0.818. The first kappa shape index (κ1) is 15.1. The molecule has 0 radical (unpaired) electrons. The molecule has 2 aliphatic rings. The van der Waals surface area contributed by atoms with Crippen molar-refractivity contribution < 1.29 is 19.0 Å². The van der Waals surface area contributed by atoms with Crippen molar-refractivity contribution in [3.05, 3.63) is 23.3 Å². The van der Waals surface area contributed by atoms with Crippen LogP contribution in [0, 0.1) is 0 Å². The van der Waals surface area contributed by atoms with Gasteiger partial charge in [-0.2, -0.15) is 0 Å². The lowest BCUT2D eigenvalue weighted by Crippen LogP contribution is -2.51. The van der Waals surface area contributed by atoms with Gasteiger partial charge in [0.1, 0.15) is 5.56 Å². The molecular weight excluding hydrogens is 286 g/mol. The third-order valence-electron chi connectivity index (χ3n) is 4.09. The zero-order valence-corrected chi connectivity index (χ0v) is 13.1. The fourth-order valence-electron chi connectivity index (χ4n) is 2.80. The normalized spacial score (nSPS) is 22.3. The van der Waals surface area contributed by atoms with Gasteiger partial charge in [-0.15, -0.1) is 0 Å². The Bertz CT molecular complexity index is 570. The number of carbonyl (C=O) groups excluding carboxylic acids is 1. The van der Waals surface area contributed by atoms with Crippen LogP contribution in [0.1, 0.15) is 22.1 Å². The highest BCUT2D eigenvalue weighted by atomic mass is 16.6. The SMILES string of the molecule is COc1ccc2c(c1OC)C(=O)O[C@H]2NN1CCN(C)CC1. The van der Waals surface area contributed by atoms with Crippen LogP contribution in [0.2, 0.25) is 0 Å². The molecule has 0 bridgehead atoms. The Morgan fingerprint density at radius 1 is 1.18 bits per heavy atom. The Balaban J connectivity index is 1.82. The van der Waals surface area contributed by atoms with E-state index in [9.17, 15) is 4.79 Å². The van der Waals surface area contributed by atoms with Gasteiger partial charge in [-0.3, -0.25) is 0 Å². The summed E-state index contributed by atoms with van der Waals surface area (Å²) in [5.41, 5.74) is 4.50. The van der Waals surface area contributed by atoms with Gasteiger partial charge in [0.05, 0.1) is 14.2 Å².